The molecule has 0 radical (unpaired) electrons. The van der Waals surface area contributed by atoms with Gasteiger partial charge in [0.05, 0.1) is 4.47 Å². The van der Waals surface area contributed by atoms with E-state index in [1.54, 1.807) is 0 Å². The van der Waals surface area contributed by atoms with Crippen molar-refractivity contribution in [2.24, 2.45) is 0 Å². The van der Waals surface area contributed by atoms with Gasteiger partial charge in [-0.1, -0.05) is 0 Å². The zero-order chi connectivity index (χ0) is 13.5. The average molecular weight is 324 g/mol. The molecule has 102 valence electrons. The van der Waals surface area contributed by atoms with Crippen LogP contribution in [0.3, 0.4) is 0 Å². The molecular formula is C15H18BrNO2. The van der Waals surface area contributed by atoms with Gasteiger partial charge in [-0.3, -0.25) is 0 Å². The number of ether oxygens (including phenoxy) is 2. The highest BCUT2D eigenvalue weighted by Crippen LogP contribution is 2.38. The fourth-order valence-corrected chi connectivity index (χ4v) is 2.58. The number of hydrogen-bond donors (Lipinski definition) is 1. The van der Waals surface area contributed by atoms with E-state index in [2.05, 4.69) is 33.2 Å². The fraction of sp³-hybridized carbons (Fsp3) is 0.467. The van der Waals surface area contributed by atoms with Crippen LogP contribution in [0.1, 0.15) is 24.8 Å². The molecule has 0 aliphatic carbocycles. The number of halogens is 1. The van der Waals surface area contributed by atoms with E-state index < -0.39 is 0 Å². The molecule has 0 unspecified atom stereocenters. The Bertz CT molecular complexity index is 468. The minimum Gasteiger partial charge on any atom is -0.486 e. The number of nitrogens with one attached hydrogen (secondary N) is 1. The Kier molecular flexibility index (Phi) is 5.56. The van der Waals surface area contributed by atoms with Crippen molar-refractivity contribution in [1.82, 2.24) is 5.32 Å². The van der Waals surface area contributed by atoms with Gasteiger partial charge in [0.2, 0.25) is 0 Å². The summed E-state index contributed by atoms with van der Waals surface area (Å²) in [6.45, 7) is 3.03. The summed E-state index contributed by atoms with van der Waals surface area (Å²) in [6, 6.07) is 4.11. The summed E-state index contributed by atoms with van der Waals surface area (Å²) in [5.74, 6) is 4.29. The first kappa shape index (κ1) is 14.2. The Balaban J connectivity index is 1.84. The van der Waals surface area contributed by atoms with E-state index >= 15 is 0 Å². The largest absolute Gasteiger partial charge is 0.486 e. The molecule has 0 bridgehead atoms. The van der Waals surface area contributed by atoms with Crippen LogP contribution in [0.4, 0.5) is 0 Å². The SMILES string of the molecule is C#CCCCCNCc1cc(Br)c2c(c1)OCCO2. The predicted molar refractivity (Wildman–Crippen MR) is 79.5 cm³/mol. The molecule has 0 spiro atoms. The third-order valence-electron chi connectivity index (χ3n) is 2.91. The first-order valence-electron chi connectivity index (χ1n) is 6.53. The quantitative estimate of drug-likeness (QED) is 0.644. The van der Waals surface area contributed by atoms with Crippen molar-refractivity contribution in [1.29, 1.82) is 0 Å². The second-order valence-electron chi connectivity index (χ2n) is 4.44. The van der Waals surface area contributed by atoms with Gasteiger partial charge in [0, 0.05) is 13.0 Å². The molecule has 1 aromatic rings. The van der Waals surface area contributed by atoms with Gasteiger partial charge in [-0.25, -0.2) is 0 Å². The fourth-order valence-electron chi connectivity index (χ4n) is 1.98. The minimum absolute atomic E-state index is 0.609. The summed E-state index contributed by atoms with van der Waals surface area (Å²) in [4.78, 5) is 0. The Morgan fingerprint density at radius 3 is 2.95 bits per heavy atom. The first-order chi connectivity index (χ1) is 9.31. The molecule has 1 aliphatic rings. The normalized spacial score (nSPS) is 13.1. The van der Waals surface area contributed by atoms with Crippen molar-refractivity contribution in [2.45, 2.75) is 25.8 Å². The third-order valence-corrected chi connectivity index (χ3v) is 3.50. The van der Waals surface area contributed by atoms with E-state index in [1.807, 2.05) is 6.07 Å². The number of terminal acetylenes is 1. The van der Waals surface area contributed by atoms with Crippen LogP contribution in [0, 0.1) is 12.3 Å². The molecule has 19 heavy (non-hydrogen) atoms. The van der Waals surface area contributed by atoms with Gasteiger partial charge < -0.3 is 14.8 Å². The van der Waals surface area contributed by atoms with Crippen LogP contribution in [-0.4, -0.2) is 19.8 Å². The maximum Gasteiger partial charge on any atom is 0.175 e. The van der Waals surface area contributed by atoms with E-state index in [4.69, 9.17) is 15.9 Å². The number of rotatable bonds is 6. The molecule has 0 aromatic heterocycles. The molecule has 0 atom stereocenters. The number of fused-ring (bicyclic) bond motifs is 1. The van der Waals surface area contributed by atoms with Crippen molar-refractivity contribution in [3.05, 3.63) is 22.2 Å². The van der Waals surface area contributed by atoms with Crippen LogP contribution in [0.15, 0.2) is 16.6 Å². The van der Waals surface area contributed by atoms with Crippen molar-refractivity contribution in [3.63, 3.8) is 0 Å². The van der Waals surface area contributed by atoms with E-state index in [0.717, 1.165) is 48.3 Å². The van der Waals surface area contributed by atoms with Gasteiger partial charge in [0.1, 0.15) is 13.2 Å². The third kappa shape index (κ3) is 4.15. The second kappa shape index (κ2) is 7.42. The van der Waals surface area contributed by atoms with Gasteiger partial charge in [-0.05, 0) is 53.0 Å². The lowest BCUT2D eigenvalue weighted by molar-refractivity contribution is 0.170. The molecule has 2 rings (SSSR count). The zero-order valence-electron chi connectivity index (χ0n) is 10.9. The number of unbranched alkanes of at least 4 members (excludes halogenated alkanes) is 2. The predicted octanol–water partition coefficient (Wildman–Crippen LogP) is 3.11. The van der Waals surface area contributed by atoms with Crippen molar-refractivity contribution < 1.29 is 9.47 Å². The Hall–Kier alpha value is -1.18. The summed E-state index contributed by atoms with van der Waals surface area (Å²) >= 11 is 3.52. The molecule has 0 amide bonds. The Labute approximate surface area is 122 Å². The van der Waals surface area contributed by atoms with Crippen LogP contribution in [-0.2, 0) is 6.54 Å². The summed E-state index contributed by atoms with van der Waals surface area (Å²) in [5.41, 5.74) is 1.19. The highest BCUT2D eigenvalue weighted by atomic mass is 79.9. The lowest BCUT2D eigenvalue weighted by Crippen LogP contribution is -2.18. The van der Waals surface area contributed by atoms with Crippen molar-refractivity contribution in [2.75, 3.05) is 19.8 Å². The van der Waals surface area contributed by atoms with E-state index in [1.165, 1.54) is 5.56 Å². The number of hydrogen-bond acceptors (Lipinski definition) is 3. The first-order valence-corrected chi connectivity index (χ1v) is 7.33. The molecule has 4 heteroatoms. The molecule has 0 saturated heterocycles. The molecule has 0 fully saturated rings. The van der Waals surface area contributed by atoms with E-state index in [9.17, 15) is 0 Å². The van der Waals surface area contributed by atoms with Gasteiger partial charge in [0.25, 0.3) is 0 Å². The highest BCUT2D eigenvalue weighted by Gasteiger charge is 2.15. The summed E-state index contributed by atoms with van der Waals surface area (Å²) < 4.78 is 12.1. The van der Waals surface area contributed by atoms with E-state index in [-0.39, 0.29) is 0 Å². The minimum atomic E-state index is 0.609. The Morgan fingerprint density at radius 1 is 1.26 bits per heavy atom. The van der Waals surface area contributed by atoms with Crippen molar-refractivity contribution in [3.8, 4) is 23.8 Å². The molecule has 1 aliphatic heterocycles. The maximum absolute atomic E-state index is 5.60. The molecular weight excluding hydrogens is 306 g/mol. The molecule has 1 heterocycles. The van der Waals surface area contributed by atoms with Crippen LogP contribution < -0.4 is 14.8 Å². The molecule has 1 aromatic carbocycles. The zero-order valence-corrected chi connectivity index (χ0v) is 12.5. The standard InChI is InChI=1S/C15H18BrNO2/c1-2-3-4-5-6-17-11-12-9-13(16)15-14(10-12)18-7-8-19-15/h1,9-10,17H,3-8,11H2. The number of benzene rings is 1. The molecule has 1 N–H and O–H groups in total. The molecule has 0 saturated carbocycles. The lowest BCUT2D eigenvalue weighted by Gasteiger charge is -2.20. The van der Waals surface area contributed by atoms with Gasteiger partial charge >= 0.3 is 0 Å². The van der Waals surface area contributed by atoms with Crippen LogP contribution in [0.2, 0.25) is 0 Å². The summed E-state index contributed by atoms with van der Waals surface area (Å²) in [5, 5.41) is 3.41. The molecule has 3 nitrogen and oxygen atoms in total. The van der Waals surface area contributed by atoms with Gasteiger partial charge in [-0.15, -0.1) is 12.3 Å². The topological polar surface area (TPSA) is 30.5 Å². The Morgan fingerprint density at radius 2 is 2.11 bits per heavy atom. The smallest absolute Gasteiger partial charge is 0.175 e. The average Bonchev–Trinajstić information content (AvgIpc) is 2.43. The van der Waals surface area contributed by atoms with Gasteiger partial charge in [-0.2, -0.15) is 0 Å². The highest BCUT2D eigenvalue weighted by molar-refractivity contribution is 9.10. The van der Waals surface area contributed by atoms with Crippen molar-refractivity contribution >= 4 is 15.9 Å². The maximum atomic E-state index is 5.60. The summed E-state index contributed by atoms with van der Waals surface area (Å²) in [6.07, 6.45) is 8.26. The van der Waals surface area contributed by atoms with Crippen LogP contribution in [0.5, 0.6) is 11.5 Å². The lowest BCUT2D eigenvalue weighted by atomic mass is 10.2. The van der Waals surface area contributed by atoms with Crippen LogP contribution >= 0.6 is 15.9 Å². The monoisotopic (exact) mass is 323 g/mol. The van der Waals surface area contributed by atoms with Crippen LogP contribution in [0.25, 0.3) is 0 Å². The van der Waals surface area contributed by atoms with Gasteiger partial charge in [0.15, 0.2) is 11.5 Å². The van der Waals surface area contributed by atoms with E-state index in [0.29, 0.717) is 13.2 Å². The summed E-state index contributed by atoms with van der Waals surface area (Å²) in [7, 11) is 0. The second-order valence-corrected chi connectivity index (χ2v) is 5.29.